The van der Waals surface area contributed by atoms with Gasteiger partial charge in [-0.15, -0.1) is 0 Å². The van der Waals surface area contributed by atoms with Crippen molar-refractivity contribution in [1.82, 2.24) is 0 Å². The number of rotatable bonds is 3. The van der Waals surface area contributed by atoms with Gasteiger partial charge in [-0.05, 0) is 48.9 Å². The molecule has 3 N–H and O–H groups in total. The van der Waals surface area contributed by atoms with Gasteiger partial charge < -0.3 is 16.0 Å². The third kappa shape index (κ3) is 3.29. The van der Waals surface area contributed by atoms with E-state index in [1.165, 1.54) is 0 Å². The molecule has 0 fully saturated rings. The van der Waals surface area contributed by atoms with Crippen molar-refractivity contribution in [1.29, 1.82) is 0 Å². The van der Waals surface area contributed by atoms with Crippen LogP contribution in [0.15, 0.2) is 42.5 Å². The zero-order chi connectivity index (χ0) is 14.7. The number of carbonyl (C=O) groups excluding carboxylic acids is 1. The first-order chi connectivity index (χ1) is 9.45. The normalized spacial score (nSPS) is 10.2. The molecule has 0 aromatic heterocycles. The van der Waals surface area contributed by atoms with Crippen molar-refractivity contribution < 1.29 is 4.79 Å². The molecule has 0 aliphatic heterocycles. The lowest BCUT2D eigenvalue weighted by atomic mass is 10.1. The first-order valence-electron chi connectivity index (χ1n) is 6.41. The standard InChI is InChI=1S/C16H19N3O/c1-11-7-12(9-13(17)8-11)16(20)18-14-5-4-6-15(10-14)19(2)3/h4-10H,17H2,1-3H3,(H,18,20). The number of hydrogen-bond acceptors (Lipinski definition) is 3. The van der Waals surface area contributed by atoms with Crippen LogP contribution in [0.4, 0.5) is 17.1 Å². The lowest BCUT2D eigenvalue weighted by Crippen LogP contribution is -2.14. The zero-order valence-electron chi connectivity index (χ0n) is 12.0. The van der Waals surface area contributed by atoms with Crippen molar-refractivity contribution in [2.45, 2.75) is 6.92 Å². The number of nitrogens with two attached hydrogens (primary N) is 1. The highest BCUT2D eigenvalue weighted by atomic mass is 16.1. The lowest BCUT2D eigenvalue weighted by Gasteiger charge is -2.14. The molecule has 4 heteroatoms. The minimum absolute atomic E-state index is 0.156. The zero-order valence-corrected chi connectivity index (χ0v) is 12.0. The highest BCUT2D eigenvalue weighted by Gasteiger charge is 2.08. The average Bonchev–Trinajstić information content (AvgIpc) is 2.37. The largest absolute Gasteiger partial charge is 0.399 e. The van der Waals surface area contributed by atoms with E-state index in [2.05, 4.69) is 5.32 Å². The molecule has 104 valence electrons. The predicted molar refractivity (Wildman–Crippen MR) is 84.3 cm³/mol. The Balaban J connectivity index is 2.21. The van der Waals surface area contributed by atoms with E-state index in [1.54, 1.807) is 6.07 Å². The molecule has 0 unspecified atom stereocenters. The molecule has 2 aromatic carbocycles. The topological polar surface area (TPSA) is 58.4 Å². The van der Waals surface area contributed by atoms with Crippen molar-refractivity contribution in [3.8, 4) is 0 Å². The molecule has 0 saturated carbocycles. The predicted octanol–water partition coefficient (Wildman–Crippen LogP) is 2.90. The minimum Gasteiger partial charge on any atom is -0.399 e. The van der Waals surface area contributed by atoms with E-state index in [4.69, 9.17) is 5.73 Å². The lowest BCUT2D eigenvalue weighted by molar-refractivity contribution is 0.102. The second-order valence-corrected chi connectivity index (χ2v) is 5.03. The van der Waals surface area contributed by atoms with Crippen molar-refractivity contribution in [3.63, 3.8) is 0 Å². The summed E-state index contributed by atoms with van der Waals surface area (Å²) in [6, 6.07) is 13.0. The van der Waals surface area contributed by atoms with Gasteiger partial charge in [-0.25, -0.2) is 0 Å². The van der Waals surface area contributed by atoms with E-state index in [1.807, 2.05) is 62.3 Å². The van der Waals surface area contributed by atoms with Gasteiger partial charge in [0.1, 0.15) is 0 Å². The molecule has 20 heavy (non-hydrogen) atoms. The molecule has 0 aliphatic carbocycles. The highest BCUT2D eigenvalue weighted by Crippen LogP contribution is 2.19. The average molecular weight is 269 g/mol. The van der Waals surface area contributed by atoms with Crippen molar-refractivity contribution in [2.24, 2.45) is 0 Å². The number of nitrogens with zero attached hydrogens (tertiary/aromatic N) is 1. The Morgan fingerprint density at radius 1 is 1.15 bits per heavy atom. The summed E-state index contributed by atoms with van der Waals surface area (Å²) in [6.45, 7) is 1.92. The van der Waals surface area contributed by atoms with Gasteiger partial charge in [0.05, 0.1) is 0 Å². The van der Waals surface area contributed by atoms with E-state index in [9.17, 15) is 4.79 Å². The molecular weight excluding hydrogens is 250 g/mol. The molecule has 0 atom stereocenters. The number of aryl methyl sites for hydroxylation is 1. The van der Waals surface area contributed by atoms with Crippen LogP contribution in [0, 0.1) is 6.92 Å². The number of carbonyl (C=O) groups is 1. The van der Waals surface area contributed by atoms with Gasteiger partial charge in [0.2, 0.25) is 0 Å². The summed E-state index contributed by atoms with van der Waals surface area (Å²) in [5, 5.41) is 2.89. The first-order valence-corrected chi connectivity index (χ1v) is 6.41. The van der Waals surface area contributed by atoms with Crippen molar-refractivity contribution in [3.05, 3.63) is 53.6 Å². The van der Waals surface area contributed by atoms with Crippen LogP contribution in [0.3, 0.4) is 0 Å². The monoisotopic (exact) mass is 269 g/mol. The van der Waals surface area contributed by atoms with Crippen LogP contribution in [-0.4, -0.2) is 20.0 Å². The van der Waals surface area contributed by atoms with Crippen molar-refractivity contribution in [2.75, 3.05) is 30.0 Å². The summed E-state index contributed by atoms with van der Waals surface area (Å²) in [5.41, 5.74) is 9.70. The van der Waals surface area contributed by atoms with Gasteiger partial charge >= 0.3 is 0 Å². The Hall–Kier alpha value is -2.49. The number of hydrogen-bond donors (Lipinski definition) is 2. The summed E-state index contributed by atoms with van der Waals surface area (Å²) in [6.07, 6.45) is 0. The van der Waals surface area contributed by atoms with Crippen LogP contribution >= 0.6 is 0 Å². The molecule has 0 spiro atoms. The number of amides is 1. The van der Waals surface area contributed by atoms with Crippen LogP contribution in [0.5, 0.6) is 0 Å². The van der Waals surface area contributed by atoms with Gasteiger partial charge in [-0.3, -0.25) is 4.79 Å². The maximum atomic E-state index is 12.2. The van der Waals surface area contributed by atoms with E-state index >= 15 is 0 Å². The summed E-state index contributed by atoms with van der Waals surface area (Å²) >= 11 is 0. The summed E-state index contributed by atoms with van der Waals surface area (Å²) in [4.78, 5) is 14.2. The molecule has 1 amide bonds. The third-order valence-corrected chi connectivity index (χ3v) is 2.98. The second-order valence-electron chi connectivity index (χ2n) is 5.03. The van der Waals surface area contributed by atoms with Gasteiger partial charge in [0.15, 0.2) is 0 Å². The SMILES string of the molecule is Cc1cc(N)cc(C(=O)Nc2cccc(N(C)C)c2)c1. The van der Waals surface area contributed by atoms with E-state index in [0.29, 0.717) is 11.3 Å². The Morgan fingerprint density at radius 3 is 2.55 bits per heavy atom. The quantitative estimate of drug-likeness (QED) is 0.842. The van der Waals surface area contributed by atoms with Crippen molar-refractivity contribution >= 4 is 23.0 Å². The fourth-order valence-corrected chi connectivity index (χ4v) is 2.01. The summed E-state index contributed by atoms with van der Waals surface area (Å²) in [7, 11) is 3.92. The molecular formula is C16H19N3O. The third-order valence-electron chi connectivity index (χ3n) is 2.98. The number of benzene rings is 2. The van der Waals surface area contributed by atoms with Gasteiger partial charge in [0, 0.05) is 36.7 Å². The van der Waals surface area contributed by atoms with Gasteiger partial charge in [0.25, 0.3) is 5.91 Å². The second kappa shape index (κ2) is 5.65. The Bertz CT molecular complexity index is 615. The number of nitrogen functional groups attached to an aromatic ring is 1. The van der Waals surface area contributed by atoms with Crippen LogP contribution < -0.4 is 16.0 Å². The number of nitrogens with one attached hydrogen (secondary N) is 1. The summed E-state index contributed by atoms with van der Waals surface area (Å²) < 4.78 is 0. The maximum absolute atomic E-state index is 12.2. The molecule has 2 aromatic rings. The molecule has 0 saturated heterocycles. The molecule has 0 heterocycles. The van der Waals surface area contributed by atoms with Gasteiger partial charge in [-0.2, -0.15) is 0 Å². The maximum Gasteiger partial charge on any atom is 0.255 e. The highest BCUT2D eigenvalue weighted by molar-refractivity contribution is 6.05. The number of anilines is 3. The molecule has 0 radical (unpaired) electrons. The van der Waals surface area contributed by atoms with E-state index in [-0.39, 0.29) is 5.91 Å². The Labute approximate surface area is 119 Å². The van der Waals surface area contributed by atoms with E-state index < -0.39 is 0 Å². The molecule has 0 bridgehead atoms. The van der Waals surface area contributed by atoms with Crippen LogP contribution in [0.2, 0.25) is 0 Å². The van der Waals surface area contributed by atoms with Crippen LogP contribution in [-0.2, 0) is 0 Å². The fraction of sp³-hybridized carbons (Fsp3) is 0.188. The Morgan fingerprint density at radius 2 is 1.90 bits per heavy atom. The Kier molecular flexibility index (Phi) is 3.94. The van der Waals surface area contributed by atoms with Crippen LogP contribution in [0.25, 0.3) is 0 Å². The van der Waals surface area contributed by atoms with E-state index in [0.717, 1.165) is 16.9 Å². The molecule has 2 rings (SSSR count). The molecule has 0 aliphatic rings. The minimum atomic E-state index is -0.156. The van der Waals surface area contributed by atoms with Crippen LogP contribution in [0.1, 0.15) is 15.9 Å². The first kappa shape index (κ1) is 13.9. The smallest absolute Gasteiger partial charge is 0.255 e. The molecule has 4 nitrogen and oxygen atoms in total. The fourth-order valence-electron chi connectivity index (χ4n) is 2.01. The van der Waals surface area contributed by atoms with Gasteiger partial charge in [-0.1, -0.05) is 6.07 Å². The summed E-state index contributed by atoms with van der Waals surface area (Å²) in [5.74, 6) is -0.156.